The zero-order valence-corrected chi connectivity index (χ0v) is 18.0. The number of aromatic nitrogens is 4. The number of imidazole rings is 1. The Morgan fingerprint density at radius 1 is 1.28 bits per heavy atom. The number of rotatable bonds is 7. The van der Waals surface area contributed by atoms with Crippen molar-refractivity contribution in [1.29, 1.82) is 0 Å². The second-order valence-electron chi connectivity index (χ2n) is 7.98. The number of hydrogen-bond donors (Lipinski definition) is 4. The molecule has 0 aliphatic heterocycles. The Morgan fingerprint density at radius 3 is 2.69 bits per heavy atom. The third-order valence-corrected chi connectivity index (χ3v) is 5.76. The van der Waals surface area contributed by atoms with E-state index in [1.54, 1.807) is 12.4 Å². The lowest BCUT2D eigenvalue weighted by Crippen LogP contribution is -2.44. The maximum Gasteiger partial charge on any atom is 0.415 e. The van der Waals surface area contributed by atoms with Crippen LogP contribution in [0.15, 0.2) is 24.5 Å². The van der Waals surface area contributed by atoms with Gasteiger partial charge in [0.15, 0.2) is 11.9 Å². The molecular weight excluding hydrogens is 449 g/mol. The van der Waals surface area contributed by atoms with E-state index < -0.39 is 18.8 Å². The molecule has 0 amide bonds. The molecule has 174 valence electrons. The van der Waals surface area contributed by atoms with Gasteiger partial charge in [-0.25, -0.2) is 4.98 Å². The molecule has 1 aliphatic rings. The van der Waals surface area contributed by atoms with Crippen molar-refractivity contribution in [3.8, 4) is 5.75 Å². The van der Waals surface area contributed by atoms with Gasteiger partial charge in [0.25, 0.3) is 0 Å². The van der Waals surface area contributed by atoms with E-state index in [0.29, 0.717) is 42.4 Å². The maximum atomic E-state index is 12.5. The largest absolute Gasteiger partial charge is 0.490 e. The first-order valence-electron chi connectivity index (χ1n) is 10.3. The first-order valence-corrected chi connectivity index (χ1v) is 10.6. The van der Waals surface area contributed by atoms with Gasteiger partial charge in [-0.3, -0.25) is 5.10 Å². The fourth-order valence-electron chi connectivity index (χ4n) is 3.84. The summed E-state index contributed by atoms with van der Waals surface area (Å²) in [5, 5.41) is 22.3. The van der Waals surface area contributed by atoms with Crippen molar-refractivity contribution in [3.63, 3.8) is 0 Å². The second kappa shape index (κ2) is 9.16. The van der Waals surface area contributed by atoms with Crippen LogP contribution in [0, 0.1) is 0 Å². The molecule has 2 aromatic heterocycles. The van der Waals surface area contributed by atoms with E-state index in [-0.39, 0.29) is 12.1 Å². The number of benzene rings is 1. The van der Waals surface area contributed by atoms with Crippen LogP contribution in [0.5, 0.6) is 5.75 Å². The molecule has 1 atom stereocenters. The number of alkyl halides is 3. The summed E-state index contributed by atoms with van der Waals surface area (Å²) in [6.45, 7) is -0.497. The number of nitrogens with zero attached hydrogens (tertiary/aromatic N) is 3. The van der Waals surface area contributed by atoms with E-state index in [1.807, 2.05) is 23.7 Å². The number of aryl methyl sites for hydroxylation is 1. The number of nitrogens with one attached hydrogen (secondary N) is 3. The summed E-state index contributed by atoms with van der Waals surface area (Å²) in [5.74, 6) is 1.21. The fourth-order valence-corrected chi connectivity index (χ4v) is 3.98. The number of H-pyrrole nitrogens is 1. The van der Waals surface area contributed by atoms with Gasteiger partial charge >= 0.3 is 6.18 Å². The molecule has 0 saturated heterocycles. The molecule has 1 fully saturated rings. The number of fused-ring (bicyclic) bond motifs is 1. The lowest BCUT2D eigenvalue weighted by molar-refractivity contribution is -0.202. The Labute approximate surface area is 187 Å². The zero-order chi connectivity index (χ0) is 22.9. The van der Waals surface area contributed by atoms with Crippen LogP contribution in [0.4, 0.5) is 24.7 Å². The highest BCUT2D eigenvalue weighted by atomic mass is 35.5. The molecular formula is C20H24ClF3N6O2. The lowest BCUT2D eigenvalue weighted by atomic mass is 9.93. The summed E-state index contributed by atoms with van der Waals surface area (Å²) in [6.07, 6.45) is -2.58. The van der Waals surface area contributed by atoms with E-state index in [1.165, 1.54) is 0 Å². The zero-order valence-electron chi connectivity index (χ0n) is 17.3. The van der Waals surface area contributed by atoms with Crippen LogP contribution in [0.25, 0.3) is 11.0 Å². The van der Waals surface area contributed by atoms with Gasteiger partial charge in [-0.15, -0.1) is 0 Å². The minimum absolute atomic E-state index is 0.0565. The van der Waals surface area contributed by atoms with E-state index in [4.69, 9.17) is 21.4 Å². The summed E-state index contributed by atoms with van der Waals surface area (Å²) < 4.78 is 45.5. The van der Waals surface area contributed by atoms with Gasteiger partial charge in [-0.05, 0) is 25.7 Å². The molecule has 1 saturated carbocycles. The quantitative estimate of drug-likeness (QED) is 0.416. The van der Waals surface area contributed by atoms with Crippen molar-refractivity contribution >= 4 is 34.1 Å². The van der Waals surface area contributed by atoms with Crippen LogP contribution in [-0.4, -0.2) is 55.8 Å². The van der Waals surface area contributed by atoms with Gasteiger partial charge < -0.3 is 25.0 Å². The maximum absolute atomic E-state index is 12.5. The highest BCUT2D eigenvalue weighted by Crippen LogP contribution is 2.33. The second-order valence-corrected chi connectivity index (χ2v) is 8.38. The first kappa shape index (κ1) is 22.7. The Kier molecular flexibility index (Phi) is 6.50. The monoisotopic (exact) mass is 472 g/mol. The first-order chi connectivity index (χ1) is 15.2. The van der Waals surface area contributed by atoms with Gasteiger partial charge in [-0.1, -0.05) is 11.6 Å². The SMILES string of the molecule is Cn1cnc2c(Nc3cc(Cl)[nH]n3)cc(O[C@H]3CC[C@@H](NC[C@@H](O)C(F)(F)F)CC3)cc21. The van der Waals surface area contributed by atoms with Gasteiger partial charge in [0, 0.05) is 37.8 Å². The van der Waals surface area contributed by atoms with E-state index in [9.17, 15) is 13.2 Å². The van der Waals surface area contributed by atoms with Crippen LogP contribution < -0.4 is 15.4 Å². The van der Waals surface area contributed by atoms with Crippen molar-refractivity contribution in [2.75, 3.05) is 11.9 Å². The predicted molar refractivity (Wildman–Crippen MR) is 114 cm³/mol. The van der Waals surface area contributed by atoms with Crippen LogP contribution in [0.1, 0.15) is 25.7 Å². The van der Waals surface area contributed by atoms with E-state index in [2.05, 4.69) is 25.8 Å². The summed E-state index contributed by atoms with van der Waals surface area (Å²) in [4.78, 5) is 4.44. The van der Waals surface area contributed by atoms with Crippen molar-refractivity contribution < 1.29 is 23.0 Å². The summed E-state index contributed by atoms with van der Waals surface area (Å²) in [6, 6.07) is 5.35. The summed E-state index contributed by atoms with van der Waals surface area (Å²) in [5.41, 5.74) is 2.36. The number of aromatic amines is 1. The number of hydrogen-bond acceptors (Lipinski definition) is 6. The van der Waals surface area contributed by atoms with Crippen molar-refractivity contribution in [3.05, 3.63) is 29.7 Å². The average molecular weight is 473 g/mol. The Morgan fingerprint density at radius 2 is 2.03 bits per heavy atom. The van der Waals surface area contributed by atoms with Crippen molar-refractivity contribution in [1.82, 2.24) is 25.1 Å². The topological polar surface area (TPSA) is 100 Å². The molecule has 2 heterocycles. The van der Waals surface area contributed by atoms with E-state index >= 15 is 0 Å². The molecule has 4 N–H and O–H groups in total. The van der Waals surface area contributed by atoms with E-state index in [0.717, 1.165) is 16.7 Å². The summed E-state index contributed by atoms with van der Waals surface area (Å²) in [7, 11) is 1.89. The molecule has 4 rings (SSSR count). The molecule has 12 heteroatoms. The number of anilines is 2. The van der Waals surface area contributed by atoms with Crippen molar-refractivity contribution in [2.45, 2.75) is 50.1 Å². The van der Waals surface area contributed by atoms with Crippen LogP contribution in [0.2, 0.25) is 5.15 Å². The predicted octanol–water partition coefficient (Wildman–Crippen LogP) is 3.90. The molecule has 32 heavy (non-hydrogen) atoms. The molecule has 1 aromatic carbocycles. The highest BCUT2D eigenvalue weighted by molar-refractivity contribution is 6.29. The minimum Gasteiger partial charge on any atom is -0.490 e. The molecule has 0 radical (unpaired) electrons. The molecule has 0 spiro atoms. The molecule has 8 nitrogen and oxygen atoms in total. The molecule has 0 unspecified atom stereocenters. The molecule has 3 aromatic rings. The standard InChI is InChI=1S/C20H24ClF3N6O2/c1-30-10-26-19-14(27-18-8-17(21)28-29-18)6-13(7-15(19)30)32-12-4-2-11(3-5-12)25-9-16(31)20(22,23)24/h6-8,10-12,16,25,31H,2-5,9H2,1H3,(H2,27,28,29)/t11-,12+,16-/m1/s1. The molecule has 0 bridgehead atoms. The Hall–Kier alpha value is -2.50. The van der Waals surface area contributed by atoms with Crippen LogP contribution >= 0.6 is 11.6 Å². The number of aliphatic hydroxyl groups is 1. The van der Waals surface area contributed by atoms with Crippen molar-refractivity contribution in [2.24, 2.45) is 7.05 Å². The van der Waals surface area contributed by atoms with Gasteiger partial charge in [0.1, 0.15) is 16.4 Å². The third-order valence-electron chi connectivity index (χ3n) is 5.57. The lowest BCUT2D eigenvalue weighted by Gasteiger charge is -2.30. The number of halogens is 4. The minimum atomic E-state index is -4.61. The molecule has 1 aliphatic carbocycles. The number of ether oxygens (including phenoxy) is 1. The van der Waals surface area contributed by atoms with Gasteiger partial charge in [-0.2, -0.15) is 18.3 Å². The van der Waals surface area contributed by atoms with Gasteiger partial charge in [0.05, 0.1) is 23.6 Å². The Bertz CT molecular complexity index is 1060. The van der Waals surface area contributed by atoms with Crippen LogP contribution in [-0.2, 0) is 7.05 Å². The van der Waals surface area contributed by atoms with Crippen LogP contribution in [0.3, 0.4) is 0 Å². The number of aliphatic hydroxyl groups excluding tert-OH is 1. The normalized spacial score (nSPS) is 20.4. The average Bonchev–Trinajstić information content (AvgIpc) is 3.32. The summed E-state index contributed by atoms with van der Waals surface area (Å²) >= 11 is 5.91. The highest BCUT2D eigenvalue weighted by Gasteiger charge is 2.38. The Balaban J connectivity index is 1.40. The fraction of sp³-hybridized carbons (Fsp3) is 0.500. The van der Waals surface area contributed by atoms with Gasteiger partial charge in [0.2, 0.25) is 0 Å². The smallest absolute Gasteiger partial charge is 0.415 e. The third kappa shape index (κ3) is 5.28.